The van der Waals surface area contributed by atoms with Crippen LogP contribution in [0.25, 0.3) is 11.1 Å². The number of nitrogens with zero attached hydrogens (tertiary/aromatic N) is 2. The smallest absolute Gasteiger partial charge is 0.254 e. The monoisotopic (exact) mass is 257 g/mol. The molecule has 5 nitrogen and oxygen atoms in total. The van der Waals surface area contributed by atoms with Gasteiger partial charge in [-0.3, -0.25) is 9.89 Å². The van der Waals surface area contributed by atoms with Gasteiger partial charge in [-0.15, -0.1) is 0 Å². The van der Waals surface area contributed by atoms with Gasteiger partial charge >= 0.3 is 0 Å². The van der Waals surface area contributed by atoms with Gasteiger partial charge in [0, 0.05) is 30.4 Å². The Kier molecular flexibility index (Phi) is 3.29. The minimum Gasteiger partial charge on any atom is -0.378 e. The van der Waals surface area contributed by atoms with Crippen LogP contribution in [-0.4, -0.2) is 47.3 Å². The molecular weight excluding hydrogens is 242 g/mol. The molecule has 19 heavy (non-hydrogen) atoms. The lowest BCUT2D eigenvalue weighted by Crippen LogP contribution is -2.40. The first-order valence-corrected chi connectivity index (χ1v) is 6.31. The van der Waals surface area contributed by atoms with Crippen LogP contribution in [0.15, 0.2) is 36.7 Å². The molecule has 1 fully saturated rings. The third kappa shape index (κ3) is 2.51. The highest BCUT2D eigenvalue weighted by atomic mass is 16.5. The Morgan fingerprint density at radius 3 is 2.53 bits per heavy atom. The van der Waals surface area contributed by atoms with Gasteiger partial charge in [-0.2, -0.15) is 5.10 Å². The van der Waals surface area contributed by atoms with E-state index in [4.69, 9.17) is 4.74 Å². The number of H-pyrrole nitrogens is 1. The van der Waals surface area contributed by atoms with Crippen molar-refractivity contribution in [2.75, 3.05) is 26.3 Å². The van der Waals surface area contributed by atoms with Crippen LogP contribution in [0, 0.1) is 0 Å². The second-order valence-electron chi connectivity index (χ2n) is 4.47. The maximum atomic E-state index is 12.2. The maximum Gasteiger partial charge on any atom is 0.254 e. The van der Waals surface area contributed by atoms with Crippen LogP contribution in [0.3, 0.4) is 0 Å². The summed E-state index contributed by atoms with van der Waals surface area (Å²) in [6, 6.07) is 7.61. The molecule has 3 rings (SSSR count). The van der Waals surface area contributed by atoms with Gasteiger partial charge in [0.2, 0.25) is 0 Å². The number of rotatable bonds is 2. The first-order valence-electron chi connectivity index (χ1n) is 6.31. The van der Waals surface area contributed by atoms with E-state index in [1.807, 2.05) is 35.4 Å². The summed E-state index contributed by atoms with van der Waals surface area (Å²) in [6.07, 6.45) is 3.59. The van der Waals surface area contributed by atoms with E-state index < -0.39 is 0 Å². The molecule has 1 aromatic carbocycles. The van der Waals surface area contributed by atoms with E-state index in [1.54, 1.807) is 6.20 Å². The fraction of sp³-hybridized carbons (Fsp3) is 0.286. The number of benzene rings is 1. The molecule has 0 unspecified atom stereocenters. The minimum absolute atomic E-state index is 0.0713. The summed E-state index contributed by atoms with van der Waals surface area (Å²) in [4.78, 5) is 14.1. The van der Waals surface area contributed by atoms with Crippen molar-refractivity contribution in [2.24, 2.45) is 0 Å². The molecule has 1 aromatic heterocycles. The molecule has 5 heteroatoms. The predicted molar refractivity (Wildman–Crippen MR) is 70.7 cm³/mol. The number of ether oxygens (including phenoxy) is 1. The van der Waals surface area contributed by atoms with Crippen molar-refractivity contribution in [3.63, 3.8) is 0 Å². The molecular formula is C14H15N3O2. The number of carbonyl (C=O) groups is 1. The largest absolute Gasteiger partial charge is 0.378 e. The second kappa shape index (κ2) is 5.24. The van der Waals surface area contributed by atoms with Crippen LogP contribution in [-0.2, 0) is 4.74 Å². The summed E-state index contributed by atoms with van der Waals surface area (Å²) in [6.45, 7) is 2.59. The average Bonchev–Trinajstić information content (AvgIpc) is 3.02. The Bertz CT molecular complexity index is 543. The lowest BCUT2D eigenvalue weighted by atomic mass is 10.1. The third-order valence-corrected chi connectivity index (χ3v) is 3.26. The van der Waals surface area contributed by atoms with Crippen LogP contribution in [0.4, 0.5) is 0 Å². The number of nitrogens with one attached hydrogen (secondary N) is 1. The molecule has 0 saturated carbocycles. The highest BCUT2D eigenvalue weighted by molar-refractivity contribution is 5.94. The zero-order valence-electron chi connectivity index (χ0n) is 10.5. The van der Waals surface area contributed by atoms with Crippen LogP contribution in [0.1, 0.15) is 10.4 Å². The highest BCUT2D eigenvalue weighted by Gasteiger charge is 2.18. The van der Waals surface area contributed by atoms with Crippen molar-refractivity contribution >= 4 is 5.91 Å². The van der Waals surface area contributed by atoms with Crippen molar-refractivity contribution in [2.45, 2.75) is 0 Å². The zero-order valence-corrected chi connectivity index (χ0v) is 10.5. The molecule has 0 bridgehead atoms. The van der Waals surface area contributed by atoms with E-state index in [2.05, 4.69) is 10.2 Å². The zero-order chi connectivity index (χ0) is 13.1. The number of aromatic amines is 1. The first kappa shape index (κ1) is 11.9. The highest BCUT2D eigenvalue weighted by Crippen LogP contribution is 2.18. The number of amides is 1. The van der Waals surface area contributed by atoms with Gasteiger partial charge in [-0.1, -0.05) is 12.1 Å². The first-order chi connectivity index (χ1) is 9.34. The van der Waals surface area contributed by atoms with E-state index in [9.17, 15) is 4.79 Å². The average molecular weight is 257 g/mol. The summed E-state index contributed by atoms with van der Waals surface area (Å²) in [5.74, 6) is 0.0713. The van der Waals surface area contributed by atoms with Crippen LogP contribution in [0.2, 0.25) is 0 Å². The number of hydrogen-bond acceptors (Lipinski definition) is 3. The third-order valence-electron chi connectivity index (χ3n) is 3.26. The molecule has 98 valence electrons. The van der Waals surface area contributed by atoms with Gasteiger partial charge in [0.05, 0.1) is 19.4 Å². The van der Waals surface area contributed by atoms with Crippen molar-refractivity contribution < 1.29 is 9.53 Å². The molecule has 0 spiro atoms. The van der Waals surface area contributed by atoms with Crippen LogP contribution < -0.4 is 0 Å². The number of hydrogen-bond donors (Lipinski definition) is 1. The van der Waals surface area contributed by atoms with Crippen LogP contribution >= 0.6 is 0 Å². The molecule has 0 radical (unpaired) electrons. The topological polar surface area (TPSA) is 58.2 Å². The van der Waals surface area contributed by atoms with Crippen molar-refractivity contribution in [1.29, 1.82) is 0 Å². The lowest BCUT2D eigenvalue weighted by Gasteiger charge is -2.26. The molecule has 0 aliphatic carbocycles. The molecule has 1 amide bonds. The van der Waals surface area contributed by atoms with Gasteiger partial charge in [0.1, 0.15) is 0 Å². The number of morpholine rings is 1. The van der Waals surface area contributed by atoms with Crippen molar-refractivity contribution in [3.8, 4) is 11.1 Å². The Hall–Kier alpha value is -2.14. The summed E-state index contributed by atoms with van der Waals surface area (Å²) in [7, 11) is 0. The van der Waals surface area contributed by atoms with E-state index in [0.717, 1.165) is 11.1 Å². The van der Waals surface area contributed by atoms with Gasteiger partial charge in [0.25, 0.3) is 5.91 Å². The molecule has 2 aromatic rings. The van der Waals surface area contributed by atoms with Gasteiger partial charge in [-0.05, 0) is 17.7 Å². The summed E-state index contributed by atoms with van der Waals surface area (Å²) >= 11 is 0. The standard InChI is InChI=1S/C14H15N3O2/c18-14(17-5-7-19-8-6-17)12-3-1-11(2-4-12)13-9-15-16-10-13/h1-4,9-10H,5-8H2,(H,15,16). The van der Waals surface area contributed by atoms with E-state index in [1.165, 1.54) is 0 Å². The van der Waals surface area contributed by atoms with Crippen LogP contribution in [0.5, 0.6) is 0 Å². The Balaban J connectivity index is 1.76. The Morgan fingerprint density at radius 1 is 1.16 bits per heavy atom. The fourth-order valence-corrected chi connectivity index (χ4v) is 2.16. The van der Waals surface area contributed by atoms with Gasteiger partial charge in [0.15, 0.2) is 0 Å². The quantitative estimate of drug-likeness (QED) is 0.888. The predicted octanol–water partition coefficient (Wildman–Crippen LogP) is 1.55. The normalized spacial score (nSPS) is 15.5. The maximum absolute atomic E-state index is 12.2. The molecule has 0 atom stereocenters. The fourth-order valence-electron chi connectivity index (χ4n) is 2.16. The Labute approximate surface area is 111 Å². The molecule has 2 heterocycles. The molecule has 1 aliphatic heterocycles. The number of aromatic nitrogens is 2. The van der Waals surface area contributed by atoms with Gasteiger partial charge in [-0.25, -0.2) is 0 Å². The van der Waals surface area contributed by atoms with Crippen molar-refractivity contribution in [3.05, 3.63) is 42.2 Å². The SMILES string of the molecule is O=C(c1ccc(-c2cn[nH]c2)cc1)N1CCOCC1. The molecule has 1 aliphatic rings. The lowest BCUT2D eigenvalue weighted by molar-refractivity contribution is 0.0303. The summed E-state index contributed by atoms with van der Waals surface area (Å²) in [5.41, 5.74) is 2.78. The summed E-state index contributed by atoms with van der Waals surface area (Å²) in [5, 5.41) is 6.69. The van der Waals surface area contributed by atoms with E-state index in [0.29, 0.717) is 31.9 Å². The summed E-state index contributed by atoms with van der Waals surface area (Å²) < 4.78 is 5.25. The second-order valence-corrected chi connectivity index (χ2v) is 4.47. The molecule has 1 N–H and O–H groups in total. The van der Waals surface area contributed by atoms with E-state index in [-0.39, 0.29) is 5.91 Å². The Morgan fingerprint density at radius 2 is 1.89 bits per heavy atom. The minimum atomic E-state index is 0.0713. The van der Waals surface area contributed by atoms with Gasteiger partial charge < -0.3 is 9.64 Å². The molecule has 1 saturated heterocycles. The number of carbonyl (C=O) groups excluding carboxylic acids is 1. The van der Waals surface area contributed by atoms with E-state index >= 15 is 0 Å². The van der Waals surface area contributed by atoms with Crippen molar-refractivity contribution in [1.82, 2.24) is 15.1 Å².